The molecule has 0 heterocycles. The highest BCUT2D eigenvalue weighted by Gasteiger charge is 2.10. The van der Waals surface area contributed by atoms with Crippen LogP contribution in [0.25, 0.3) is 0 Å². The van der Waals surface area contributed by atoms with Gasteiger partial charge < -0.3 is 15.6 Å². The minimum absolute atomic E-state index is 0.0948. The second kappa shape index (κ2) is 5.50. The van der Waals surface area contributed by atoms with Crippen molar-refractivity contribution >= 4 is 39.2 Å². The van der Waals surface area contributed by atoms with Crippen LogP contribution in [0, 0.1) is 0 Å². The Kier molecular flexibility index (Phi) is 3.97. The van der Waals surface area contributed by atoms with Gasteiger partial charge in [-0.3, -0.25) is 0 Å². The van der Waals surface area contributed by atoms with Gasteiger partial charge in [0.2, 0.25) is 0 Å². The van der Waals surface area contributed by atoms with E-state index in [2.05, 4.69) is 15.9 Å². The summed E-state index contributed by atoms with van der Waals surface area (Å²) in [4.78, 5) is 10.9. The van der Waals surface area contributed by atoms with Gasteiger partial charge in [0, 0.05) is 4.47 Å². The molecule has 98 valence electrons. The van der Waals surface area contributed by atoms with E-state index in [0.717, 1.165) is 4.47 Å². The van der Waals surface area contributed by atoms with Crippen molar-refractivity contribution in [1.29, 1.82) is 0 Å². The predicted octanol–water partition coefficient (Wildman–Crippen LogP) is 4.18. The van der Waals surface area contributed by atoms with Gasteiger partial charge in [0.1, 0.15) is 5.75 Å². The second-order valence-electron chi connectivity index (χ2n) is 3.73. The number of rotatable bonds is 3. The van der Waals surface area contributed by atoms with E-state index >= 15 is 0 Å². The molecule has 0 aromatic heterocycles. The largest absolute Gasteiger partial charge is 0.478 e. The second-order valence-corrected chi connectivity index (χ2v) is 5.06. The zero-order valence-electron chi connectivity index (χ0n) is 9.56. The molecule has 2 rings (SSSR count). The molecule has 0 unspecified atom stereocenters. The molecule has 0 bridgehead atoms. The molecule has 0 fully saturated rings. The van der Waals surface area contributed by atoms with Gasteiger partial charge in [0.25, 0.3) is 0 Å². The summed E-state index contributed by atoms with van der Waals surface area (Å²) >= 11 is 9.31. The van der Waals surface area contributed by atoms with Crippen molar-refractivity contribution in [3.05, 3.63) is 51.5 Å². The first-order chi connectivity index (χ1) is 8.97. The third kappa shape index (κ3) is 3.19. The van der Waals surface area contributed by atoms with Gasteiger partial charge in [-0.1, -0.05) is 27.5 Å². The average molecular weight is 343 g/mol. The van der Waals surface area contributed by atoms with Crippen molar-refractivity contribution in [3.8, 4) is 11.5 Å². The number of halogens is 2. The van der Waals surface area contributed by atoms with E-state index in [1.807, 2.05) is 0 Å². The summed E-state index contributed by atoms with van der Waals surface area (Å²) in [7, 11) is 0. The molecule has 3 N–H and O–H groups in total. The maximum absolute atomic E-state index is 10.9. The number of anilines is 1. The zero-order valence-corrected chi connectivity index (χ0v) is 11.9. The third-order valence-corrected chi connectivity index (χ3v) is 3.16. The number of benzene rings is 2. The number of ether oxygens (including phenoxy) is 1. The summed E-state index contributed by atoms with van der Waals surface area (Å²) in [5.74, 6) is -0.394. The molecule has 2 aromatic rings. The molecule has 0 amide bonds. The minimum atomic E-state index is -1.05. The number of aromatic carboxylic acids is 1. The number of nitrogens with two attached hydrogens (primary N) is 1. The van der Waals surface area contributed by atoms with Crippen LogP contribution in [0.1, 0.15) is 10.4 Å². The molecule has 2 aromatic carbocycles. The van der Waals surface area contributed by atoms with Gasteiger partial charge in [0.05, 0.1) is 16.3 Å². The van der Waals surface area contributed by atoms with Crippen LogP contribution in [0.4, 0.5) is 5.69 Å². The number of carbonyl (C=O) groups is 1. The molecule has 0 aliphatic carbocycles. The quantitative estimate of drug-likeness (QED) is 0.821. The fraction of sp³-hybridized carbons (Fsp3) is 0. The van der Waals surface area contributed by atoms with Gasteiger partial charge in [-0.05, 0) is 36.4 Å². The average Bonchev–Trinajstić information content (AvgIpc) is 2.34. The Balaban J connectivity index is 2.37. The lowest BCUT2D eigenvalue weighted by molar-refractivity contribution is 0.0696. The van der Waals surface area contributed by atoms with E-state index in [1.54, 1.807) is 18.2 Å². The number of carboxylic acid groups (broad SMARTS) is 1. The van der Waals surface area contributed by atoms with E-state index in [9.17, 15) is 4.79 Å². The van der Waals surface area contributed by atoms with Gasteiger partial charge in [-0.2, -0.15) is 0 Å². The Labute approximate surface area is 122 Å². The summed E-state index contributed by atoms with van der Waals surface area (Å²) in [5.41, 5.74) is 6.18. The lowest BCUT2D eigenvalue weighted by Crippen LogP contribution is -1.99. The molecular formula is C13H9BrClNO3. The van der Waals surface area contributed by atoms with Crippen LogP contribution < -0.4 is 10.5 Å². The van der Waals surface area contributed by atoms with Crippen molar-refractivity contribution in [2.75, 3.05) is 5.73 Å². The van der Waals surface area contributed by atoms with Crippen LogP contribution in [-0.2, 0) is 0 Å². The third-order valence-electron chi connectivity index (χ3n) is 2.37. The van der Waals surface area contributed by atoms with E-state index < -0.39 is 5.97 Å². The lowest BCUT2D eigenvalue weighted by atomic mass is 10.2. The maximum atomic E-state index is 10.9. The summed E-state index contributed by atoms with van der Waals surface area (Å²) in [6, 6.07) is 9.35. The Hall–Kier alpha value is -1.72. The zero-order chi connectivity index (χ0) is 14.0. The fourth-order valence-electron chi connectivity index (χ4n) is 1.43. The lowest BCUT2D eigenvalue weighted by Gasteiger charge is -2.10. The summed E-state index contributed by atoms with van der Waals surface area (Å²) in [5, 5.41) is 9.33. The van der Waals surface area contributed by atoms with Crippen LogP contribution >= 0.6 is 27.5 Å². The minimum Gasteiger partial charge on any atom is -0.478 e. The first-order valence-corrected chi connectivity index (χ1v) is 6.40. The van der Waals surface area contributed by atoms with Crippen LogP contribution in [0.5, 0.6) is 11.5 Å². The highest BCUT2D eigenvalue weighted by atomic mass is 79.9. The predicted molar refractivity (Wildman–Crippen MR) is 77.0 cm³/mol. The van der Waals surface area contributed by atoms with Crippen molar-refractivity contribution in [2.45, 2.75) is 0 Å². The Bertz CT molecular complexity index is 646. The van der Waals surface area contributed by atoms with Crippen molar-refractivity contribution in [2.24, 2.45) is 0 Å². The molecule has 19 heavy (non-hydrogen) atoms. The number of hydrogen-bond acceptors (Lipinski definition) is 3. The molecule has 0 atom stereocenters. The van der Waals surface area contributed by atoms with Crippen LogP contribution in [-0.4, -0.2) is 11.1 Å². The summed E-state index contributed by atoms with van der Waals surface area (Å²) in [6.07, 6.45) is 0. The Morgan fingerprint density at radius 1 is 1.21 bits per heavy atom. The Morgan fingerprint density at radius 3 is 2.58 bits per heavy atom. The number of hydrogen-bond donors (Lipinski definition) is 2. The molecule has 0 saturated heterocycles. The molecule has 4 nitrogen and oxygen atoms in total. The van der Waals surface area contributed by atoms with E-state index in [0.29, 0.717) is 16.5 Å². The standard InChI is InChI=1S/C13H9BrClNO3/c14-8-2-4-11(9(15)6-8)19-12-5-7(13(17)18)1-3-10(12)16/h1-6H,16H2,(H,17,18). The molecule has 6 heteroatoms. The van der Waals surface area contributed by atoms with E-state index in [-0.39, 0.29) is 11.3 Å². The van der Waals surface area contributed by atoms with Crippen LogP contribution in [0.15, 0.2) is 40.9 Å². The molecule has 0 aliphatic heterocycles. The van der Waals surface area contributed by atoms with Crippen LogP contribution in [0.2, 0.25) is 5.02 Å². The van der Waals surface area contributed by atoms with Gasteiger partial charge in [-0.25, -0.2) is 4.79 Å². The molecular weight excluding hydrogens is 334 g/mol. The first-order valence-electron chi connectivity index (χ1n) is 5.23. The number of nitrogen functional groups attached to an aromatic ring is 1. The molecule has 0 radical (unpaired) electrons. The van der Waals surface area contributed by atoms with Crippen molar-refractivity contribution in [1.82, 2.24) is 0 Å². The highest BCUT2D eigenvalue weighted by molar-refractivity contribution is 9.10. The SMILES string of the molecule is Nc1ccc(C(=O)O)cc1Oc1ccc(Br)cc1Cl. The van der Waals surface area contributed by atoms with Gasteiger partial charge in [-0.15, -0.1) is 0 Å². The normalized spacial score (nSPS) is 10.2. The number of carboxylic acids is 1. The van der Waals surface area contributed by atoms with Crippen molar-refractivity contribution < 1.29 is 14.6 Å². The van der Waals surface area contributed by atoms with Gasteiger partial charge in [0.15, 0.2) is 5.75 Å². The van der Waals surface area contributed by atoms with E-state index in [1.165, 1.54) is 18.2 Å². The Morgan fingerprint density at radius 2 is 1.95 bits per heavy atom. The molecule has 0 saturated carbocycles. The fourth-order valence-corrected chi connectivity index (χ4v) is 2.14. The highest BCUT2D eigenvalue weighted by Crippen LogP contribution is 2.34. The van der Waals surface area contributed by atoms with Crippen molar-refractivity contribution in [3.63, 3.8) is 0 Å². The molecule has 0 spiro atoms. The van der Waals surface area contributed by atoms with Gasteiger partial charge >= 0.3 is 5.97 Å². The smallest absolute Gasteiger partial charge is 0.335 e. The molecule has 0 aliphatic rings. The summed E-state index contributed by atoms with van der Waals surface area (Å²) in [6.45, 7) is 0. The first kappa shape index (κ1) is 13.7. The monoisotopic (exact) mass is 341 g/mol. The van der Waals surface area contributed by atoms with Crippen LogP contribution in [0.3, 0.4) is 0 Å². The summed E-state index contributed by atoms with van der Waals surface area (Å²) < 4.78 is 6.36. The maximum Gasteiger partial charge on any atom is 0.335 e. The topological polar surface area (TPSA) is 72.6 Å². The van der Waals surface area contributed by atoms with E-state index in [4.69, 9.17) is 27.2 Å².